The van der Waals surface area contributed by atoms with Crippen molar-refractivity contribution in [2.75, 3.05) is 6.54 Å². The Labute approximate surface area is 111 Å². The molecular weight excluding hydrogens is 236 g/mol. The van der Waals surface area contributed by atoms with E-state index in [1.165, 1.54) is 6.42 Å². The van der Waals surface area contributed by atoms with Gasteiger partial charge in [-0.05, 0) is 25.7 Å². The first-order valence-electron chi connectivity index (χ1n) is 6.69. The lowest BCUT2D eigenvalue weighted by atomic mass is 9.66. The average Bonchev–Trinajstić information content (AvgIpc) is 2.23. The van der Waals surface area contributed by atoms with Crippen molar-refractivity contribution in [3.63, 3.8) is 0 Å². The van der Waals surface area contributed by atoms with Gasteiger partial charge in [0.1, 0.15) is 0 Å². The van der Waals surface area contributed by atoms with Gasteiger partial charge in [0.2, 0.25) is 5.91 Å². The highest BCUT2D eigenvalue weighted by atomic mass is 35.5. The van der Waals surface area contributed by atoms with Gasteiger partial charge in [-0.25, -0.2) is 0 Å². The Morgan fingerprint density at radius 2 is 2.06 bits per heavy atom. The third-order valence-corrected chi connectivity index (χ3v) is 3.99. The Kier molecular flexibility index (Phi) is 7.80. The first-order valence-corrected chi connectivity index (χ1v) is 6.69. The molecule has 0 aliphatic heterocycles. The first kappa shape index (κ1) is 16.7. The highest BCUT2D eigenvalue weighted by Crippen LogP contribution is 2.43. The molecule has 0 aromatic carbocycles. The number of amides is 1. The minimum absolute atomic E-state index is 0. The number of hydrogen-bond donors (Lipinski definition) is 2. The van der Waals surface area contributed by atoms with E-state index in [0.717, 1.165) is 38.5 Å². The number of unbranched alkanes of at least 4 members (excludes halogenated alkanes) is 1. The summed E-state index contributed by atoms with van der Waals surface area (Å²) in [5.41, 5.74) is 5.64. The molecule has 1 saturated carbocycles. The van der Waals surface area contributed by atoms with E-state index in [2.05, 4.69) is 19.2 Å². The third-order valence-electron chi connectivity index (χ3n) is 3.99. The van der Waals surface area contributed by atoms with E-state index >= 15 is 0 Å². The van der Waals surface area contributed by atoms with E-state index in [1.807, 2.05) is 0 Å². The van der Waals surface area contributed by atoms with Gasteiger partial charge in [0.15, 0.2) is 0 Å². The molecule has 1 fully saturated rings. The van der Waals surface area contributed by atoms with Crippen LogP contribution in [0, 0.1) is 5.41 Å². The van der Waals surface area contributed by atoms with Crippen molar-refractivity contribution in [3.05, 3.63) is 0 Å². The van der Waals surface area contributed by atoms with Crippen LogP contribution in [0.25, 0.3) is 0 Å². The van der Waals surface area contributed by atoms with Crippen LogP contribution in [-0.2, 0) is 4.79 Å². The first-order chi connectivity index (χ1) is 7.68. The fraction of sp³-hybridized carbons (Fsp3) is 0.923. The molecule has 1 aliphatic rings. The Balaban J connectivity index is 0.00000256. The van der Waals surface area contributed by atoms with Crippen LogP contribution in [0.1, 0.15) is 58.8 Å². The van der Waals surface area contributed by atoms with E-state index < -0.39 is 0 Å². The van der Waals surface area contributed by atoms with Gasteiger partial charge in [-0.15, -0.1) is 12.4 Å². The monoisotopic (exact) mass is 262 g/mol. The van der Waals surface area contributed by atoms with E-state index in [1.54, 1.807) is 0 Å². The molecule has 1 amide bonds. The zero-order chi connectivity index (χ0) is 12.0. The third kappa shape index (κ3) is 4.14. The van der Waals surface area contributed by atoms with Gasteiger partial charge in [0.05, 0.1) is 0 Å². The number of carbonyl (C=O) groups excluding carboxylic acids is 1. The lowest BCUT2D eigenvalue weighted by Gasteiger charge is -2.40. The summed E-state index contributed by atoms with van der Waals surface area (Å²) < 4.78 is 0. The van der Waals surface area contributed by atoms with Crippen LogP contribution < -0.4 is 11.1 Å². The molecule has 17 heavy (non-hydrogen) atoms. The molecule has 1 unspecified atom stereocenters. The molecular formula is C13H27ClN2O. The average molecular weight is 263 g/mol. The second kappa shape index (κ2) is 7.93. The van der Waals surface area contributed by atoms with Crippen molar-refractivity contribution >= 4 is 18.3 Å². The second-order valence-corrected chi connectivity index (χ2v) is 5.04. The summed E-state index contributed by atoms with van der Waals surface area (Å²) in [4.78, 5) is 12.1. The minimum Gasteiger partial charge on any atom is -0.352 e. The van der Waals surface area contributed by atoms with Crippen molar-refractivity contribution in [1.29, 1.82) is 0 Å². The lowest BCUT2D eigenvalue weighted by Crippen LogP contribution is -2.50. The van der Waals surface area contributed by atoms with Gasteiger partial charge >= 0.3 is 0 Å². The molecule has 1 rings (SSSR count). The van der Waals surface area contributed by atoms with E-state index in [9.17, 15) is 4.79 Å². The van der Waals surface area contributed by atoms with Gasteiger partial charge in [-0.2, -0.15) is 0 Å². The molecule has 0 aromatic rings. The molecule has 102 valence electrons. The van der Waals surface area contributed by atoms with Crippen molar-refractivity contribution in [3.8, 4) is 0 Å². The normalized spacial score (nSPS) is 18.8. The lowest BCUT2D eigenvalue weighted by molar-refractivity contribution is -0.137. The van der Waals surface area contributed by atoms with Crippen LogP contribution in [0.5, 0.6) is 0 Å². The Hall–Kier alpha value is -0.280. The zero-order valence-corrected chi connectivity index (χ0v) is 11.9. The smallest absolute Gasteiger partial charge is 0.226 e. The van der Waals surface area contributed by atoms with Gasteiger partial charge in [0, 0.05) is 18.0 Å². The molecule has 1 atom stereocenters. The topological polar surface area (TPSA) is 55.1 Å². The summed E-state index contributed by atoms with van der Waals surface area (Å²) in [6.45, 7) is 4.84. The largest absolute Gasteiger partial charge is 0.352 e. The number of carbonyl (C=O) groups is 1. The van der Waals surface area contributed by atoms with Gasteiger partial charge in [-0.3, -0.25) is 4.79 Å². The molecule has 0 heterocycles. The molecule has 4 heteroatoms. The van der Waals surface area contributed by atoms with Crippen LogP contribution in [0.3, 0.4) is 0 Å². The summed E-state index contributed by atoms with van der Waals surface area (Å²) >= 11 is 0. The van der Waals surface area contributed by atoms with Crippen LogP contribution in [0.2, 0.25) is 0 Å². The fourth-order valence-corrected chi connectivity index (χ4v) is 2.38. The number of nitrogens with one attached hydrogen (secondary N) is 1. The highest BCUT2D eigenvalue weighted by molar-refractivity contribution is 5.85. The Morgan fingerprint density at radius 1 is 1.41 bits per heavy atom. The Morgan fingerprint density at radius 3 is 2.41 bits per heavy atom. The summed E-state index contributed by atoms with van der Waals surface area (Å²) in [5, 5.41) is 3.13. The summed E-state index contributed by atoms with van der Waals surface area (Å²) in [6.07, 6.45) is 7.58. The van der Waals surface area contributed by atoms with Crippen LogP contribution in [0.15, 0.2) is 0 Å². The van der Waals surface area contributed by atoms with Crippen molar-refractivity contribution in [2.24, 2.45) is 11.1 Å². The minimum atomic E-state index is -0.0559. The molecule has 3 nitrogen and oxygen atoms in total. The van der Waals surface area contributed by atoms with Gasteiger partial charge in [-0.1, -0.05) is 33.1 Å². The predicted molar refractivity (Wildman–Crippen MR) is 74.3 cm³/mol. The Bertz CT molecular complexity index is 224. The summed E-state index contributed by atoms with van der Waals surface area (Å²) in [6, 6.07) is 0.177. The zero-order valence-electron chi connectivity index (χ0n) is 11.1. The number of halogens is 1. The van der Waals surface area contributed by atoms with Gasteiger partial charge in [0.25, 0.3) is 0 Å². The maximum atomic E-state index is 12.1. The highest BCUT2D eigenvalue weighted by Gasteiger charge is 2.42. The van der Waals surface area contributed by atoms with Crippen LogP contribution >= 0.6 is 12.4 Å². The van der Waals surface area contributed by atoms with Crippen LogP contribution in [0.4, 0.5) is 0 Å². The molecule has 0 aromatic heterocycles. The van der Waals surface area contributed by atoms with Crippen LogP contribution in [-0.4, -0.2) is 18.5 Å². The molecule has 3 N–H and O–H groups in total. The van der Waals surface area contributed by atoms with Crippen molar-refractivity contribution in [1.82, 2.24) is 5.32 Å². The number of hydrogen-bond acceptors (Lipinski definition) is 2. The maximum absolute atomic E-state index is 12.1. The maximum Gasteiger partial charge on any atom is 0.226 e. The van der Waals surface area contributed by atoms with Crippen molar-refractivity contribution < 1.29 is 4.79 Å². The van der Waals surface area contributed by atoms with Crippen molar-refractivity contribution in [2.45, 2.75) is 64.8 Å². The number of rotatable bonds is 7. The molecule has 0 saturated heterocycles. The predicted octanol–water partition coefficient (Wildman–Crippen LogP) is 2.62. The summed E-state index contributed by atoms with van der Waals surface area (Å²) in [5.74, 6) is 0.243. The standard InChI is InChI=1S/C13H26N2O.ClH/c1-3-5-7-11(10-14)15-12(16)13(4-2)8-6-9-13;/h11H,3-10,14H2,1-2H3,(H,15,16);1H. The second-order valence-electron chi connectivity index (χ2n) is 5.04. The number of nitrogens with two attached hydrogens (primary N) is 1. The molecule has 0 radical (unpaired) electrons. The van der Waals surface area contributed by atoms with Gasteiger partial charge < -0.3 is 11.1 Å². The van der Waals surface area contributed by atoms with E-state index in [0.29, 0.717) is 6.54 Å². The van der Waals surface area contributed by atoms with E-state index in [4.69, 9.17) is 5.73 Å². The molecule has 0 spiro atoms. The molecule has 1 aliphatic carbocycles. The SMILES string of the molecule is CCCCC(CN)NC(=O)C1(CC)CCC1.Cl. The van der Waals surface area contributed by atoms with E-state index in [-0.39, 0.29) is 29.8 Å². The quantitative estimate of drug-likeness (QED) is 0.741. The summed E-state index contributed by atoms with van der Waals surface area (Å²) in [7, 11) is 0. The molecule has 0 bridgehead atoms. The fourth-order valence-electron chi connectivity index (χ4n) is 2.38.